The molecule has 2 aromatic rings. The summed E-state index contributed by atoms with van der Waals surface area (Å²) in [6.07, 6.45) is 4.64. The van der Waals surface area contributed by atoms with Gasteiger partial charge in [-0.3, -0.25) is 14.7 Å². The topological polar surface area (TPSA) is 92.8 Å². The number of alkyl carbamates (subject to hydrolysis) is 1. The summed E-state index contributed by atoms with van der Waals surface area (Å²) in [6, 6.07) is 8.15. The van der Waals surface area contributed by atoms with Crippen LogP contribution in [0.15, 0.2) is 30.5 Å². The van der Waals surface area contributed by atoms with Crippen LogP contribution in [0.5, 0.6) is 0 Å². The van der Waals surface area contributed by atoms with Gasteiger partial charge in [-0.2, -0.15) is 0 Å². The Morgan fingerprint density at radius 2 is 2.12 bits per heavy atom. The average molecular weight is 467 g/mol. The molecular formula is C26H34N4O4. The van der Waals surface area contributed by atoms with Gasteiger partial charge in [-0.25, -0.2) is 4.79 Å². The molecule has 34 heavy (non-hydrogen) atoms. The van der Waals surface area contributed by atoms with Crippen molar-refractivity contribution in [3.8, 4) is 0 Å². The maximum atomic E-state index is 12.4. The summed E-state index contributed by atoms with van der Waals surface area (Å²) in [5.74, 6) is 0.321. The van der Waals surface area contributed by atoms with Crippen molar-refractivity contribution in [1.29, 1.82) is 0 Å². The van der Waals surface area contributed by atoms with Gasteiger partial charge in [0.2, 0.25) is 5.91 Å². The third kappa shape index (κ3) is 4.25. The predicted molar refractivity (Wildman–Crippen MR) is 130 cm³/mol. The number of carbonyl (C=O) groups is 2. The lowest BCUT2D eigenvalue weighted by Crippen LogP contribution is -2.70. The number of nitrogens with zero attached hydrogens (tertiary/aromatic N) is 2. The number of piperidine rings is 3. The second-order valence-electron chi connectivity index (χ2n) is 10.8. The summed E-state index contributed by atoms with van der Waals surface area (Å²) < 4.78 is 12.0. The number of ether oxygens (including phenoxy) is 2. The van der Waals surface area contributed by atoms with Gasteiger partial charge in [0.1, 0.15) is 12.1 Å². The molecular weight excluding hydrogens is 432 g/mol. The minimum atomic E-state index is -0.619. The number of rotatable bonds is 5. The van der Waals surface area contributed by atoms with Crippen molar-refractivity contribution < 1.29 is 19.1 Å². The van der Waals surface area contributed by atoms with Crippen molar-refractivity contribution >= 4 is 28.6 Å². The monoisotopic (exact) mass is 466 g/mol. The maximum absolute atomic E-state index is 12.4. The molecule has 1 aromatic heterocycles. The first-order valence-corrected chi connectivity index (χ1v) is 12.2. The molecule has 8 heteroatoms. The van der Waals surface area contributed by atoms with Crippen molar-refractivity contribution in [3.05, 3.63) is 36.0 Å². The molecule has 3 unspecified atom stereocenters. The van der Waals surface area contributed by atoms with Crippen LogP contribution in [0, 0.1) is 5.92 Å². The van der Waals surface area contributed by atoms with Crippen LogP contribution >= 0.6 is 0 Å². The largest absolute Gasteiger partial charge is 0.444 e. The Morgan fingerprint density at radius 3 is 2.82 bits per heavy atom. The lowest BCUT2D eigenvalue weighted by Gasteiger charge is -2.64. The predicted octanol–water partition coefficient (Wildman–Crippen LogP) is 4.01. The van der Waals surface area contributed by atoms with E-state index in [0.29, 0.717) is 17.6 Å². The summed E-state index contributed by atoms with van der Waals surface area (Å²) in [5, 5.41) is 6.35. The normalized spacial score (nSPS) is 29.8. The van der Waals surface area contributed by atoms with E-state index in [9.17, 15) is 9.59 Å². The van der Waals surface area contributed by atoms with Gasteiger partial charge < -0.3 is 20.1 Å². The lowest BCUT2D eigenvalue weighted by atomic mass is 9.66. The van der Waals surface area contributed by atoms with E-state index in [2.05, 4.69) is 33.5 Å². The molecule has 5 saturated heterocycles. The fraction of sp³-hybridized carbons (Fsp3) is 0.577. The first-order valence-electron chi connectivity index (χ1n) is 12.2. The van der Waals surface area contributed by atoms with Gasteiger partial charge in [0, 0.05) is 29.9 Å². The molecule has 8 nitrogen and oxygen atoms in total. The van der Waals surface area contributed by atoms with Crippen LogP contribution in [0.3, 0.4) is 0 Å². The standard InChI is InChI=1S/C26H34N4O4/c1-5-26-15-30-11-9-16(26)12-21(30)23(33-26)18-8-10-27-20-7-6-17(13-19(18)20)29-22(31)14-28-24(32)34-25(2,3)4/h6-8,10,13,16,21,23H,5,9,11-12,14-15H2,1-4H3,(H,28,32)(H,29,31)/t16?,21-,23+,26?/m1/s1. The van der Waals surface area contributed by atoms with E-state index < -0.39 is 11.7 Å². The van der Waals surface area contributed by atoms with Crippen molar-refractivity contribution in [1.82, 2.24) is 15.2 Å². The molecule has 0 saturated carbocycles. The minimum Gasteiger partial charge on any atom is -0.444 e. The first-order chi connectivity index (χ1) is 16.2. The number of hydrogen-bond donors (Lipinski definition) is 2. The third-order valence-corrected chi connectivity index (χ3v) is 7.44. The van der Waals surface area contributed by atoms with E-state index in [0.717, 1.165) is 36.0 Å². The van der Waals surface area contributed by atoms with Crippen molar-refractivity contribution in [2.75, 3.05) is 25.0 Å². The van der Waals surface area contributed by atoms with Gasteiger partial charge in [0.25, 0.3) is 0 Å². The third-order valence-electron chi connectivity index (χ3n) is 7.44. The number of nitrogens with one attached hydrogen (secondary N) is 2. The number of benzene rings is 1. The number of fused-ring (bicyclic) bond motifs is 3. The SMILES string of the molecule is CCC12CN3CCC1C[C@@H]3[C@H](c1ccnc3ccc(NC(=O)CNC(=O)OC(C)(C)C)cc13)O2. The Hall–Kier alpha value is -2.71. The van der Waals surface area contributed by atoms with E-state index in [4.69, 9.17) is 9.47 Å². The summed E-state index contributed by atoms with van der Waals surface area (Å²) in [4.78, 5) is 31.4. The summed E-state index contributed by atoms with van der Waals surface area (Å²) >= 11 is 0. The fourth-order valence-corrected chi connectivity index (χ4v) is 5.89. The van der Waals surface area contributed by atoms with Crippen molar-refractivity contribution in [2.24, 2.45) is 5.92 Å². The Bertz CT molecular complexity index is 1110. The smallest absolute Gasteiger partial charge is 0.408 e. The summed E-state index contributed by atoms with van der Waals surface area (Å²) in [6.45, 7) is 9.58. The second-order valence-corrected chi connectivity index (χ2v) is 10.8. The molecule has 7 rings (SSSR count). The highest BCUT2D eigenvalue weighted by Crippen LogP contribution is 2.54. The molecule has 5 aliphatic heterocycles. The van der Waals surface area contributed by atoms with Gasteiger partial charge in [-0.15, -0.1) is 0 Å². The van der Waals surface area contributed by atoms with E-state index in [-0.39, 0.29) is 24.2 Å². The number of anilines is 1. The zero-order valence-corrected chi connectivity index (χ0v) is 20.4. The molecule has 0 radical (unpaired) electrons. The number of hydrogen-bond acceptors (Lipinski definition) is 6. The van der Waals surface area contributed by atoms with Gasteiger partial charge in [-0.1, -0.05) is 6.92 Å². The molecule has 0 aliphatic carbocycles. The van der Waals surface area contributed by atoms with Gasteiger partial charge in [0.05, 0.1) is 17.2 Å². The highest BCUT2D eigenvalue weighted by molar-refractivity contribution is 5.96. The number of amides is 2. The second kappa shape index (κ2) is 8.50. The van der Waals surface area contributed by atoms with Gasteiger partial charge >= 0.3 is 6.09 Å². The van der Waals surface area contributed by atoms with Crippen LogP contribution in [-0.2, 0) is 14.3 Å². The van der Waals surface area contributed by atoms with E-state index in [1.165, 1.54) is 12.8 Å². The van der Waals surface area contributed by atoms with Crippen LogP contribution in [0.4, 0.5) is 10.5 Å². The fourth-order valence-electron chi connectivity index (χ4n) is 5.89. The number of aromatic nitrogens is 1. The first kappa shape index (κ1) is 23.1. The highest BCUT2D eigenvalue weighted by Gasteiger charge is 2.58. The molecule has 2 amide bonds. The quantitative estimate of drug-likeness (QED) is 0.692. The Balaban J connectivity index is 1.34. The van der Waals surface area contributed by atoms with Crippen molar-refractivity contribution in [2.45, 2.75) is 70.3 Å². The van der Waals surface area contributed by atoms with Crippen LogP contribution < -0.4 is 10.6 Å². The highest BCUT2D eigenvalue weighted by atomic mass is 16.6. The van der Waals surface area contributed by atoms with Crippen LogP contribution in [-0.4, -0.2) is 58.8 Å². The summed E-state index contributed by atoms with van der Waals surface area (Å²) in [7, 11) is 0. The zero-order chi connectivity index (χ0) is 24.1. The molecule has 6 heterocycles. The van der Waals surface area contributed by atoms with Crippen LogP contribution in [0.2, 0.25) is 0 Å². The number of morpholine rings is 1. The molecule has 182 valence electrons. The molecule has 2 N–H and O–H groups in total. The van der Waals surface area contributed by atoms with E-state index in [1.54, 1.807) is 20.8 Å². The van der Waals surface area contributed by atoms with E-state index >= 15 is 0 Å². The maximum Gasteiger partial charge on any atom is 0.408 e. The number of pyridine rings is 1. The van der Waals surface area contributed by atoms with Crippen molar-refractivity contribution in [3.63, 3.8) is 0 Å². The molecule has 5 fully saturated rings. The number of carbonyl (C=O) groups excluding carboxylic acids is 2. The van der Waals surface area contributed by atoms with Crippen LogP contribution in [0.1, 0.15) is 58.6 Å². The van der Waals surface area contributed by atoms with Crippen LogP contribution in [0.25, 0.3) is 10.9 Å². The Labute approximate surface area is 200 Å². The Morgan fingerprint density at radius 1 is 1.29 bits per heavy atom. The average Bonchev–Trinajstić information content (AvgIpc) is 2.81. The van der Waals surface area contributed by atoms with Gasteiger partial charge in [0.15, 0.2) is 0 Å². The minimum absolute atomic E-state index is 0.00413. The zero-order valence-electron chi connectivity index (χ0n) is 20.4. The molecule has 5 atom stereocenters. The molecule has 1 aromatic carbocycles. The molecule has 5 aliphatic rings. The Kier molecular flexibility index (Phi) is 5.76. The van der Waals surface area contributed by atoms with Gasteiger partial charge in [-0.05, 0) is 82.3 Å². The summed E-state index contributed by atoms with van der Waals surface area (Å²) in [5.41, 5.74) is 1.98. The molecule has 0 spiro atoms. The van der Waals surface area contributed by atoms with E-state index in [1.807, 2.05) is 24.4 Å². The lowest BCUT2D eigenvalue weighted by molar-refractivity contribution is -0.274. The molecule has 4 bridgehead atoms.